The van der Waals surface area contributed by atoms with Gasteiger partial charge in [-0.25, -0.2) is 0 Å². The summed E-state index contributed by atoms with van der Waals surface area (Å²) in [4.78, 5) is 26.1. The third-order valence-corrected chi connectivity index (χ3v) is 4.54. The summed E-state index contributed by atoms with van der Waals surface area (Å²) in [6.07, 6.45) is 5.63. The number of likely N-dealkylation sites (tertiary alicyclic amines) is 1. The van der Waals surface area contributed by atoms with Gasteiger partial charge in [-0.1, -0.05) is 19.8 Å². The van der Waals surface area contributed by atoms with Gasteiger partial charge in [-0.05, 0) is 25.2 Å². The van der Waals surface area contributed by atoms with Crippen LogP contribution in [0.1, 0.15) is 45.4 Å². The predicted molar refractivity (Wildman–Crippen MR) is 76.0 cm³/mol. The van der Waals surface area contributed by atoms with E-state index in [-0.39, 0.29) is 30.3 Å². The number of aliphatic hydroxyl groups is 1. The van der Waals surface area contributed by atoms with Crippen molar-refractivity contribution >= 4 is 11.8 Å². The summed E-state index contributed by atoms with van der Waals surface area (Å²) in [5.41, 5.74) is 0. The molecule has 2 fully saturated rings. The molecule has 20 heavy (non-hydrogen) atoms. The maximum atomic E-state index is 12.1. The lowest BCUT2D eigenvalue weighted by molar-refractivity contribution is -0.130. The van der Waals surface area contributed by atoms with E-state index in [1.807, 2.05) is 11.8 Å². The predicted octanol–water partition coefficient (Wildman–Crippen LogP) is 0.912. The number of carbonyl (C=O) groups is 2. The topological polar surface area (TPSA) is 69.6 Å². The Morgan fingerprint density at radius 1 is 1.45 bits per heavy atom. The molecule has 0 aromatic rings. The second kappa shape index (κ2) is 7.07. The number of hydrogen-bond donors (Lipinski definition) is 2. The van der Waals surface area contributed by atoms with Crippen LogP contribution in [0.15, 0.2) is 0 Å². The van der Waals surface area contributed by atoms with Crippen LogP contribution < -0.4 is 5.32 Å². The number of carbonyl (C=O) groups excluding carboxylic acids is 2. The molecule has 1 aliphatic carbocycles. The quantitative estimate of drug-likeness (QED) is 0.761. The molecule has 1 saturated heterocycles. The minimum absolute atomic E-state index is 0.0105. The largest absolute Gasteiger partial charge is 0.396 e. The van der Waals surface area contributed by atoms with Crippen LogP contribution >= 0.6 is 0 Å². The van der Waals surface area contributed by atoms with Crippen LogP contribution in [0, 0.1) is 11.8 Å². The molecule has 5 heteroatoms. The highest BCUT2D eigenvalue weighted by Crippen LogP contribution is 2.29. The lowest BCUT2D eigenvalue weighted by Crippen LogP contribution is -2.38. The number of rotatable bonds is 6. The molecule has 2 aliphatic rings. The second-order valence-electron chi connectivity index (χ2n) is 6.25. The van der Waals surface area contributed by atoms with Crippen LogP contribution in [0.3, 0.4) is 0 Å². The van der Waals surface area contributed by atoms with Gasteiger partial charge in [0.1, 0.15) is 0 Å². The van der Waals surface area contributed by atoms with Gasteiger partial charge in [-0.2, -0.15) is 0 Å². The molecule has 5 nitrogen and oxygen atoms in total. The Morgan fingerprint density at radius 2 is 2.15 bits per heavy atom. The molecule has 1 saturated carbocycles. The Balaban J connectivity index is 1.78. The Hall–Kier alpha value is -1.10. The normalized spacial score (nSPS) is 25.2. The van der Waals surface area contributed by atoms with Gasteiger partial charge in [0.15, 0.2) is 0 Å². The Bertz CT molecular complexity index is 353. The van der Waals surface area contributed by atoms with E-state index < -0.39 is 0 Å². The van der Waals surface area contributed by atoms with Crippen LogP contribution in [0.2, 0.25) is 0 Å². The van der Waals surface area contributed by atoms with E-state index in [1.165, 1.54) is 12.8 Å². The molecule has 0 aromatic carbocycles. The van der Waals surface area contributed by atoms with Crippen molar-refractivity contribution in [2.24, 2.45) is 11.8 Å². The number of hydrogen-bond acceptors (Lipinski definition) is 3. The van der Waals surface area contributed by atoms with Gasteiger partial charge in [0.2, 0.25) is 11.8 Å². The van der Waals surface area contributed by atoms with Gasteiger partial charge >= 0.3 is 0 Å². The molecular formula is C15H26N2O3. The Labute approximate surface area is 120 Å². The third-order valence-electron chi connectivity index (χ3n) is 4.54. The van der Waals surface area contributed by atoms with Crippen LogP contribution in [0.4, 0.5) is 0 Å². The molecule has 2 amide bonds. The van der Waals surface area contributed by atoms with E-state index in [2.05, 4.69) is 5.32 Å². The molecule has 114 valence electrons. The van der Waals surface area contributed by atoms with E-state index >= 15 is 0 Å². The van der Waals surface area contributed by atoms with Crippen molar-refractivity contribution in [1.29, 1.82) is 0 Å². The number of nitrogens with zero attached hydrogens (tertiary/aromatic N) is 1. The standard InChI is InChI=1S/C15H26N2O3/c1-11(6-7-18)9-16-15(20)12-8-14(19)17(10-12)13-4-2-3-5-13/h11-13,18H,2-10H2,1H3,(H,16,20). The molecule has 0 radical (unpaired) electrons. The van der Waals surface area contributed by atoms with Crippen molar-refractivity contribution in [1.82, 2.24) is 10.2 Å². The summed E-state index contributed by atoms with van der Waals surface area (Å²) in [6.45, 7) is 3.31. The molecule has 2 rings (SSSR count). The van der Waals surface area contributed by atoms with Crippen LogP contribution in [0.5, 0.6) is 0 Å². The van der Waals surface area contributed by atoms with Gasteiger partial charge in [-0.3, -0.25) is 9.59 Å². The maximum Gasteiger partial charge on any atom is 0.225 e. The fraction of sp³-hybridized carbons (Fsp3) is 0.867. The average molecular weight is 282 g/mol. The van der Waals surface area contributed by atoms with E-state index in [9.17, 15) is 9.59 Å². The molecule has 0 bridgehead atoms. The number of nitrogens with one attached hydrogen (secondary N) is 1. The summed E-state index contributed by atoms with van der Waals surface area (Å²) in [5, 5.41) is 11.8. The molecule has 2 unspecified atom stereocenters. The van der Waals surface area contributed by atoms with Gasteiger partial charge in [-0.15, -0.1) is 0 Å². The van der Waals surface area contributed by atoms with E-state index in [0.717, 1.165) is 12.8 Å². The van der Waals surface area contributed by atoms with Crippen molar-refractivity contribution in [3.05, 3.63) is 0 Å². The molecular weight excluding hydrogens is 256 g/mol. The Morgan fingerprint density at radius 3 is 2.80 bits per heavy atom. The molecule has 1 heterocycles. The monoisotopic (exact) mass is 282 g/mol. The summed E-state index contributed by atoms with van der Waals surface area (Å²) in [7, 11) is 0. The van der Waals surface area contributed by atoms with Gasteiger partial charge < -0.3 is 15.3 Å². The van der Waals surface area contributed by atoms with Gasteiger partial charge in [0.05, 0.1) is 5.92 Å². The van der Waals surface area contributed by atoms with Gasteiger partial charge in [0.25, 0.3) is 0 Å². The fourth-order valence-electron chi connectivity index (χ4n) is 3.22. The third kappa shape index (κ3) is 3.72. The van der Waals surface area contributed by atoms with Crippen molar-refractivity contribution < 1.29 is 14.7 Å². The lowest BCUT2D eigenvalue weighted by Gasteiger charge is -2.24. The van der Waals surface area contributed by atoms with Crippen LogP contribution in [0.25, 0.3) is 0 Å². The number of amides is 2. The summed E-state index contributed by atoms with van der Waals surface area (Å²) in [6, 6.07) is 0.369. The van der Waals surface area contributed by atoms with E-state index in [1.54, 1.807) is 0 Å². The maximum absolute atomic E-state index is 12.1. The number of aliphatic hydroxyl groups excluding tert-OH is 1. The summed E-state index contributed by atoms with van der Waals surface area (Å²) < 4.78 is 0. The molecule has 1 aliphatic heterocycles. The highest BCUT2D eigenvalue weighted by molar-refractivity contribution is 5.89. The lowest BCUT2D eigenvalue weighted by atomic mass is 10.1. The zero-order valence-corrected chi connectivity index (χ0v) is 12.3. The first kappa shape index (κ1) is 15.3. The highest BCUT2D eigenvalue weighted by atomic mass is 16.3. The van der Waals surface area contributed by atoms with Crippen molar-refractivity contribution in [3.8, 4) is 0 Å². The van der Waals surface area contributed by atoms with Crippen LogP contribution in [-0.2, 0) is 9.59 Å². The SMILES string of the molecule is CC(CCO)CNC(=O)C1CC(=O)N(C2CCCC2)C1. The van der Waals surface area contributed by atoms with Crippen LogP contribution in [-0.4, -0.2) is 47.6 Å². The molecule has 2 N–H and O–H groups in total. The first-order valence-electron chi connectivity index (χ1n) is 7.80. The summed E-state index contributed by atoms with van der Waals surface area (Å²) >= 11 is 0. The zero-order valence-electron chi connectivity index (χ0n) is 12.3. The molecule has 0 spiro atoms. The minimum atomic E-state index is -0.190. The zero-order chi connectivity index (χ0) is 14.5. The first-order chi connectivity index (χ1) is 9.61. The van der Waals surface area contributed by atoms with E-state index in [0.29, 0.717) is 32.0 Å². The first-order valence-corrected chi connectivity index (χ1v) is 7.80. The van der Waals surface area contributed by atoms with Crippen molar-refractivity contribution in [2.75, 3.05) is 19.7 Å². The second-order valence-corrected chi connectivity index (χ2v) is 6.25. The Kier molecular flexibility index (Phi) is 5.40. The average Bonchev–Trinajstić information content (AvgIpc) is 3.05. The van der Waals surface area contributed by atoms with Crippen molar-refractivity contribution in [2.45, 2.75) is 51.5 Å². The molecule has 0 aromatic heterocycles. The smallest absolute Gasteiger partial charge is 0.225 e. The fourth-order valence-corrected chi connectivity index (χ4v) is 3.22. The minimum Gasteiger partial charge on any atom is -0.396 e. The highest BCUT2D eigenvalue weighted by Gasteiger charge is 2.38. The van der Waals surface area contributed by atoms with Crippen molar-refractivity contribution in [3.63, 3.8) is 0 Å². The van der Waals surface area contributed by atoms with Gasteiger partial charge in [0, 0.05) is 32.2 Å². The summed E-state index contributed by atoms with van der Waals surface area (Å²) in [5.74, 6) is 0.209. The molecule has 2 atom stereocenters. The van der Waals surface area contributed by atoms with E-state index in [4.69, 9.17) is 5.11 Å².